The van der Waals surface area contributed by atoms with E-state index in [4.69, 9.17) is 11.6 Å². The molecule has 0 radical (unpaired) electrons. The van der Waals surface area contributed by atoms with Crippen LogP contribution in [0.2, 0.25) is 5.02 Å². The lowest BCUT2D eigenvalue weighted by atomic mass is 10.2. The number of likely N-dealkylation sites (N-methyl/N-ethyl adjacent to an activating group) is 1. The quantitative estimate of drug-likeness (QED) is 0.742. The third kappa shape index (κ3) is 5.91. The average Bonchev–Trinajstić information content (AvgIpc) is 2.73. The lowest BCUT2D eigenvalue weighted by molar-refractivity contribution is -0.132. The molecule has 3 rings (SSSR count). The molecule has 2 fully saturated rings. The number of carbonyl (C=O) groups excluding carboxylic acids is 2. The number of benzene rings is 1. The van der Waals surface area contributed by atoms with Crippen molar-refractivity contribution in [2.75, 3.05) is 79.0 Å². The molecule has 0 spiro atoms. The maximum atomic E-state index is 13.1. The largest absolute Gasteiger partial charge is 0.339 e. The third-order valence-corrected chi connectivity index (χ3v) is 5.71. The molecule has 0 aromatic heterocycles. The van der Waals surface area contributed by atoms with Crippen LogP contribution < -0.4 is 5.32 Å². The molecule has 2 aliphatic rings. The first-order valence-electron chi connectivity index (χ1n) is 9.97. The highest BCUT2D eigenvalue weighted by Gasteiger charge is 2.24. The van der Waals surface area contributed by atoms with Gasteiger partial charge in [-0.1, -0.05) is 11.6 Å². The van der Waals surface area contributed by atoms with Crippen molar-refractivity contribution in [2.24, 2.45) is 0 Å². The molecule has 0 aliphatic carbocycles. The highest BCUT2D eigenvalue weighted by atomic mass is 35.5. The number of halogens is 1. The van der Waals surface area contributed by atoms with E-state index in [-0.39, 0.29) is 18.4 Å². The molecular formula is C20H30ClN5O2. The van der Waals surface area contributed by atoms with E-state index in [1.54, 1.807) is 29.2 Å². The van der Waals surface area contributed by atoms with Gasteiger partial charge in [0.05, 0.1) is 0 Å². The summed E-state index contributed by atoms with van der Waals surface area (Å²) in [6.07, 6.45) is 0. The highest BCUT2D eigenvalue weighted by molar-refractivity contribution is 6.30. The van der Waals surface area contributed by atoms with Crippen molar-refractivity contribution in [2.45, 2.75) is 0 Å². The second-order valence-electron chi connectivity index (χ2n) is 7.51. The average molecular weight is 408 g/mol. The number of nitrogens with zero attached hydrogens (tertiary/aromatic N) is 4. The summed E-state index contributed by atoms with van der Waals surface area (Å²) in [5.41, 5.74) is 0.566. The van der Waals surface area contributed by atoms with Crippen LogP contribution in [0.3, 0.4) is 0 Å². The molecular weight excluding hydrogens is 378 g/mol. The first-order chi connectivity index (χ1) is 13.5. The normalized spacial score (nSPS) is 18.9. The molecule has 0 bridgehead atoms. The maximum Gasteiger partial charge on any atom is 0.254 e. The van der Waals surface area contributed by atoms with Gasteiger partial charge in [-0.15, -0.1) is 0 Å². The Morgan fingerprint density at radius 2 is 1.68 bits per heavy atom. The van der Waals surface area contributed by atoms with E-state index in [1.165, 1.54) is 0 Å². The van der Waals surface area contributed by atoms with E-state index in [0.29, 0.717) is 30.2 Å². The zero-order chi connectivity index (χ0) is 19.9. The van der Waals surface area contributed by atoms with E-state index in [1.807, 2.05) is 4.90 Å². The van der Waals surface area contributed by atoms with E-state index in [2.05, 4.69) is 22.2 Å². The van der Waals surface area contributed by atoms with Gasteiger partial charge in [0.1, 0.15) is 6.54 Å². The lowest BCUT2D eigenvalue weighted by Gasteiger charge is -2.34. The number of hydrogen-bond donors (Lipinski definition) is 1. The summed E-state index contributed by atoms with van der Waals surface area (Å²) >= 11 is 5.95. The molecule has 2 amide bonds. The van der Waals surface area contributed by atoms with Crippen LogP contribution in [0.4, 0.5) is 0 Å². The predicted octanol–water partition coefficient (Wildman–Crippen LogP) is 0.461. The minimum atomic E-state index is -0.116. The van der Waals surface area contributed by atoms with Crippen LogP contribution in [0, 0.1) is 0 Å². The molecule has 2 aliphatic heterocycles. The Balaban J connectivity index is 1.64. The summed E-state index contributed by atoms with van der Waals surface area (Å²) in [6.45, 7) is 8.49. The molecule has 0 unspecified atom stereocenters. The van der Waals surface area contributed by atoms with Crippen molar-refractivity contribution in [3.05, 3.63) is 34.9 Å². The SMILES string of the molecule is CN1CCN(CCN(CC(=O)N2CCNCC2)C(=O)c2ccc(Cl)cc2)CC1. The highest BCUT2D eigenvalue weighted by Crippen LogP contribution is 2.12. The number of rotatable bonds is 6. The van der Waals surface area contributed by atoms with Gasteiger partial charge < -0.3 is 20.0 Å². The van der Waals surface area contributed by atoms with E-state index < -0.39 is 0 Å². The molecule has 0 saturated carbocycles. The first-order valence-corrected chi connectivity index (χ1v) is 10.3. The molecule has 7 nitrogen and oxygen atoms in total. The minimum absolute atomic E-state index is 0.0159. The van der Waals surface area contributed by atoms with Gasteiger partial charge in [0.15, 0.2) is 0 Å². The van der Waals surface area contributed by atoms with Crippen molar-refractivity contribution in [1.29, 1.82) is 0 Å². The fraction of sp³-hybridized carbons (Fsp3) is 0.600. The van der Waals surface area contributed by atoms with E-state index in [9.17, 15) is 9.59 Å². The Morgan fingerprint density at radius 1 is 1.04 bits per heavy atom. The zero-order valence-electron chi connectivity index (χ0n) is 16.6. The first kappa shape index (κ1) is 21.0. The molecule has 2 heterocycles. The number of amides is 2. The lowest BCUT2D eigenvalue weighted by Crippen LogP contribution is -2.52. The van der Waals surface area contributed by atoms with Gasteiger partial charge in [0, 0.05) is 76.0 Å². The van der Waals surface area contributed by atoms with Crippen LogP contribution in [-0.2, 0) is 4.79 Å². The number of nitrogens with one attached hydrogen (secondary N) is 1. The molecule has 154 valence electrons. The fourth-order valence-corrected chi connectivity index (χ4v) is 3.66. The summed E-state index contributed by atoms with van der Waals surface area (Å²) in [6, 6.07) is 6.88. The maximum absolute atomic E-state index is 13.1. The molecule has 28 heavy (non-hydrogen) atoms. The second-order valence-corrected chi connectivity index (χ2v) is 7.95. The summed E-state index contributed by atoms with van der Waals surface area (Å²) in [7, 11) is 2.12. The summed E-state index contributed by atoms with van der Waals surface area (Å²) < 4.78 is 0. The van der Waals surface area contributed by atoms with E-state index >= 15 is 0 Å². The Labute approximate surface area is 172 Å². The van der Waals surface area contributed by atoms with Crippen LogP contribution in [0.5, 0.6) is 0 Å². The molecule has 8 heteroatoms. The topological polar surface area (TPSA) is 59.1 Å². The van der Waals surface area contributed by atoms with E-state index in [0.717, 1.165) is 45.8 Å². The summed E-state index contributed by atoms with van der Waals surface area (Å²) in [4.78, 5) is 34.0. The smallest absolute Gasteiger partial charge is 0.254 e. The van der Waals surface area contributed by atoms with Crippen LogP contribution in [0.25, 0.3) is 0 Å². The zero-order valence-corrected chi connectivity index (χ0v) is 17.3. The number of piperazine rings is 2. The molecule has 2 saturated heterocycles. The van der Waals surface area contributed by atoms with Gasteiger partial charge in [0.25, 0.3) is 5.91 Å². The molecule has 0 atom stereocenters. The Hall–Kier alpha value is -1.67. The number of carbonyl (C=O) groups is 2. The third-order valence-electron chi connectivity index (χ3n) is 5.46. The number of hydrogen-bond acceptors (Lipinski definition) is 5. The Kier molecular flexibility index (Phi) is 7.67. The van der Waals surface area contributed by atoms with Gasteiger partial charge >= 0.3 is 0 Å². The van der Waals surface area contributed by atoms with Gasteiger partial charge in [-0.25, -0.2) is 0 Å². The van der Waals surface area contributed by atoms with Crippen molar-refractivity contribution in [3.63, 3.8) is 0 Å². The Bertz CT molecular complexity index is 655. The standard InChI is InChI=1S/C20H30ClN5O2/c1-23-10-12-24(13-11-23)14-15-26(16-19(27)25-8-6-22-7-9-25)20(28)17-2-4-18(21)5-3-17/h2-5,22H,6-16H2,1H3. The monoisotopic (exact) mass is 407 g/mol. The van der Waals surface area contributed by atoms with Gasteiger partial charge in [-0.3, -0.25) is 14.5 Å². The predicted molar refractivity (Wildman–Crippen MR) is 111 cm³/mol. The van der Waals surface area contributed by atoms with Gasteiger partial charge in [0.2, 0.25) is 5.91 Å². The van der Waals surface area contributed by atoms with Crippen LogP contribution in [-0.4, -0.2) is 110 Å². The van der Waals surface area contributed by atoms with Crippen molar-refractivity contribution in [3.8, 4) is 0 Å². The molecule has 1 N–H and O–H groups in total. The molecule has 1 aromatic carbocycles. The van der Waals surface area contributed by atoms with Crippen LogP contribution >= 0.6 is 11.6 Å². The summed E-state index contributed by atoms with van der Waals surface area (Å²) in [5, 5.41) is 3.85. The fourth-order valence-electron chi connectivity index (χ4n) is 3.54. The second kappa shape index (κ2) is 10.2. The summed E-state index contributed by atoms with van der Waals surface area (Å²) in [5.74, 6) is -0.100. The van der Waals surface area contributed by atoms with Crippen LogP contribution in [0.15, 0.2) is 24.3 Å². The van der Waals surface area contributed by atoms with Crippen molar-refractivity contribution >= 4 is 23.4 Å². The van der Waals surface area contributed by atoms with Gasteiger partial charge in [-0.05, 0) is 31.3 Å². The minimum Gasteiger partial charge on any atom is -0.339 e. The molecule has 1 aromatic rings. The van der Waals surface area contributed by atoms with Crippen molar-refractivity contribution < 1.29 is 9.59 Å². The van der Waals surface area contributed by atoms with Gasteiger partial charge in [-0.2, -0.15) is 0 Å². The van der Waals surface area contributed by atoms with Crippen molar-refractivity contribution in [1.82, 2.24) is 24.9 Å². The van der Waals surface area contributed by atoms with Crippen LogP contribution in [0.1, 0.15) is 10.4 Å². The Morgan fingerprint density at radius 3 is 2.32 bits per heavy atom.